The summed E-state index contributed by atoms with van der Waals surface area (Å²) in [6, 6.07) is 1.40. The van der Waals surface area contributed by atoms with Crippen molar-refractivity contribution < 1.29 is 4.74 Å². The lowest BCUT2D eigenvalue weighted by Crippen LogP contribution is -2.36. The summed E-state index contributed by atoms with van der Waals surface area (Å²) in [7, 11) is 2.26. The zero-order chi connectivity index (χ0) is 13.4. The molecule has 0 saturated carbocycles. The molecule has 2 atom stereocenters. The molecule has 2 aliphatic rings. The van der Waals surface area contributed by atoms with Crippen LogP contribution in [0.2, 0.25) is 0 Å². The summed E-state index contributed by atoms with van der Waals surface area (Å²) in [4.78, 5) is 4.96. The van der Waals surface area contributed by atoms with E-state index >= 15 is 0 Å². The van der Waals surface area contributed by atoms with Crippen LogP contribution in [0.4, 0.5) is 10.8 Å². The molecule has 1 aromatic heterocycles. The van der Waals surface area contributed by atoms with E-state index < -0.39 is 0 Å². The molecule has 2 bridgehead atoms. The molecule has 2 N–H and O–H groups in total. The summed E-state index contributed by atoms with van der Waals surface area (Å²) in [6.45, 7) is 4.76. The Morgan fingerprint density at radius 1 is 1.37 bits per heavy atom. The standard InChI is InChI=1S/C13H22N4OS/c1-3-18-11-12(14)15-19-13(11)17-7-6-9-4-5-10(8-17)16(9)2/h9-10H,3-8H2,1-2H3,(H2,14,15). The molecule has 0 aromatic carbocycles. The number of aromatic nitrogens is 1. The average Bonchev–Trinajstić information content (AvgIpc) is 2.84. The van der Waals surface area contributed by atoms with Crippen LogP contribution in [0.3, 0.4) is 0 Å². The van der Waals surface area contributed by atoms with Gasteiger partial charge in [0.15, 0.2) is 16.6 Å². The SMILES string of the molecule is CCOc1c(N)nsc1N1CCC2CCC(C1)N2C. The molecule has 19 heavy (non-hydrogen) atoms. The van der Waals surface area contributed by atoms with E-state index in [-0.39, 0.29) is 0 Å². The van der Waals surface area contributed by atoms with Gasteiger partial charge in [0.25, 0.3) is 0 Å². The predicted octanol–water partition coefficient (Wildman–Crippen LogP) is 1.80. The summed E-state index contributed by atoms with van der Waals surface area (Å²) >= 11 is 1.47. The van der Waals surface area contributed by atoms with Gasteiger partial charge in [-0.05, 0) is 44.8 Å². The van der Waals surface area contributed by atoms with E-state index in [0.717, 1.165) is 29.9 Å². The Hall–Kier alpha value is -1.01. The predicted molar refractivity (Wildman–Crippen MR) is 79.1 cm³/mol. The zero-order valence-corrected chi connectivity index (χ0v) is 12.4. The van der Waals surface area contributed by atoms with E-state index in [9.17, 15) is 0 Å². The van der Waals surface area contributed by atoms with Crippen LogP contribution in [0.1, 0.15) is 26.2 Å². The number of nitrogen functional groups attached to an aromatic ring is 1. The van der Waals surface area contributed by atoms with Crippen molar-refractivity contribution in [2.45, 2.75) is 38.3 Å². The summed E-state index contributed by atoms with van der Waals surface area (Å²) in [6.07, 6.45) is 3.87. The van der Waals surface area contributed by atoms with Crippen LogP contribution in [0.25, 0.3) is 0 Å². The third-order valence-electron chi connectivity index (χ3n) is 4.38. The van der Waals surface area contributed by atoms with E-state index in [1.165, 1.54) is 30.8 Å². The minimum atomic E-state index is 0.532. The van der Waals surface area contributed by atoms with Crippen molar-refractivity contribution in [3.05, 3.63) is 0 Å². The van der Waals surface area contributed by atoms with Crippen molar-refractivity contribution in [1.29, 1.82) is 0 Å². The Balaban J connectivity index is 1.82. The lowest BCUT2D eigenvalue weighted by molar-refractivity contribution is 0.254. The van der Waals surface area contributed by atoms with Gasteiger partial charge in [-0.2, -0.15) is 4.37 Å². The van der Waals surface area contributed by atoms with Gasteiger partial charge in [0.05, 0.1) is 6.61 Å². The Morgan fingerprint density at radius 3 is 2.95 bits per heavy atom. The van der Waals surface area contributed by atoms with Gasteiger partial charge in [-0.3, -0.25) is 4.90 Å². The summed E-state index contributed by atoms with van der Waals surface area (Å²) in [5.41, 5.74) is 5.91. The highest BCUT2D eigenvalue weighted by molar-refractivity contribution is 7.11. The maximum atomic E-state index is 5.91. The van der Waals surface area contributed by atoms with E-state index in [4.69, 9.17) is 10.5 Å². The molecule has 0 aliphatic carbocycles. The maximum Gasteiger partial charge on any atom is 0.197 e. The maximum absolute atomic E-state index is 5.91. The normalized spacial score (nSPS) is 27.6. The molecule has 3 rings (SSSR count). The fraction of sp³-hybridized carbons (Fsp3) is 0.769. The molecular formula is C13H22N4OS. The molecule has 0 amide bonds. The van der Waals surface area contributed by atoms with E-state index in [1.54, 1.807) is 0 Å². The van der Waals surface area contributed by atoms with Gasteiger partial charge in [0.1, 0.15) is 0 Å². The second-order valence-corrected chi connectivity index (χ2v) is 6.17. The molecule has 3 heterocycles. The molecule has 2 saturated heterocycles. The number of rotatable bonds is 3. The number of nitrogens with two attached hydrogens (primary N) is 1. The van der Waals surface area contributed by atoms with Crippen LogP contribution in [-0.4, -0.2) is 48.1 Å². The Morgan fingerprint density at radius 2 is 2.16 bits per heavy atom. The fourth-order valence-corrected chi connectivity index (χ4v) is 4.05. The van der Waals surface area contributed by atoms with Crippen molar-refractivity contribution in [1.82, 2.24) is 9.27 Å². The monoisotopic (exact) mass is 282 g/mol. The topological polar surface area (TPSA) is 54.6 Å². The molecule has 106 valence electrons. The number of likely N-dealkylation sites (N-methyl/N-ethyl adjacent to an activating group) is 1. The average molecular weight is 282 g/mol. The minimum Gasteiger partial charge on any atom is -0.487 e. The largest absolute Gasteiger partial charge is 0.487 e. The summed E-state index contributed by atoms with van der Waals surface area (Å²) in [5.74, 6) is 1.32. The van der Waals surface area contributed by atoms with Crippen molar-refractivity contribution >= 4 is 22.4 Å². The smallest absolute Gasteiger partial charge is 0.197 e. The quantitative estimate of drug-likeness (QED) is 0.916. The number of anilines is 2. The highest BCUT2D eigenvalue weighted by Gasteiger charge is 2.36. The molecule has 2 aliphatic heterocycles. The number of fused-ring (bicyclic) bond motifs is 2. The first-order valence-corrected chi connectivity index (χ1v) is 7.82. The Kier molecular flexibility index (Phi) is 3.54. The molecule has 0 spiro atoms. The van der Waals surface area contributed by atoms with Gasteiger partial charge in [0, 0.05) is 25.2 Å². The minimum absolute atomic E-state index is 0.532. The first-order chi connectivity index (χ1) is 9.20. The third kappa shape index (κ3) is 2.27. The first-order valence-electron chi connectivity index (χ1n) is 7.05. The van der Waals surface area contributed by atoms with Crippen LogP contribution in [0.5, 0.6) is 5.75 Å². The first kappa shape index (κ1) is 13.0. The van der Waals surface area contributed by atoms with E-state index in [1.807, 2.05) is 6.92 Å². The summed E-state index contributed by atoms with van der Waals surface area (Å²) < 4.78 is 9.94. The van der Waals surface area contributed by atoms with Crippen LogP contribution in [0.15, 0.2) is 0 Å². The van der Waals surface area contributed by atoms with Crippen LogP contribution in [-0.2, 0) is 0 Å². The lowest BCUT2D eigenvalue weighted by Gasteiger charge is -2.26. The molecule has 2 unspecified atom stereocenters. The Labute approximate surface area is 118 Å². The van der Waals surface area contributed by atoms with Gasteiger partial charge >= 0.3 is 0 Å². The van der Waals surface area contributed by atoms with Crippen molar-refractivity contribution in [2.24, 2.45) is 0 Å². The van der Waals surface area contributed by atoms with Gasteiger partial charge < -0.3 is 15.4 Å². The highest BCUT2D eigenvalue weighted by Crippen LogP contribution is 2.40. The van der Waals surface area contributed by atoms with Gasteiger partial charge in [0.2, 0.25) is 0 Å². The number of nitrogens with zero attached hydrogens (tertiary/aromatic N) is 3. The van der Waals surface area contributed by atoms with Gasteiger partial charge in [-0.15, -0.1) is 0 Å². The summed E-state index contributed by atoms with van der Waals surface area (Å²) in [5, 5.41) is 1.11. The molecular weight excluding hydrogens is 260 g/mol. The third-order valence-corrected chi connectivity index (χ3v) is 5.29. The van der Waals surface area contributed by atoms with Gasteiger partial charge in [-0.1, -0.05) is 0 Å². The second kappa shape index (κ2) is 5.17. The fourth-order valence-electron chi connectivity index (χ4n) is 3.26. The van der Waals surface area contributed by atoms with Crippen LogP contribution in [0, 0.1) is 0 Å². The van der Waals surface area contributed by atoms with E-state index in [2.05, 4.69) is 21.2 Å². The van der Waals surface area contributed by atoms with Crippen LogP contribution >= 0.6 is 11.5 Å². The van der Waals surface area contributed by atoms with Crippen LogP contribution < -0.4 is 15.4 Å². The molecule has 5 nitrogen and oxygen atoms in total. The molecule has 0 radical (unpaired) electrons. The van der Waals surface area contributed by atoms with Gasteiger partial charge in [-0.25, -0.2) is 0 Å². The Bertz CT molecular complexity index is 450. The number of hydrogen-bond donors (Lipinski definition) is 1. The molecule has 6 heteroatoms. The van der Waals surface area contributed by atoms with Crippen molar-refractivity contribution in [2.75, 3.05) is 37.4 Å². The highest BCUT2D eigenvalue weighted by atomic mass is 32.1. The van der Waals surface area contributed by atoms with E-state index in [0.29, 0.717) is 18.5 Å². The number of ether oxygens (including phenoxy) is 1. The van der Waals surface area contributed by atoms with Crippen molar-refractivity contribution in [3.63, 3.8) is 0 Å². The zero-order valence-electron chi connectivity index (χ0n) is 11.6. The number of hydrogen-bond acceptors (Lipinski definition) is 6. The lowest BCUT2D eigenvalue weighted by atomic mass is 10.1. The molecule has 2 fully saturated rings. The molecule has 1 aromatic rings. The second-order valence-electron chi connectivity index (χ2n) is 5.42. The van der Waals surface area contributed by atoms with Crippen molar-refractivity contribution in [3.8, 4) is 5.75 Å².